The number of ether oxygens (including phenoxy) is 3. The number of halogens is 1. The summed E-state index contributed by atoms with van der Waals surface area (Å²) in [7, 11) is 0. The minimum absolute atomic E-state index is 0.160. The van der Waals surface area contributed by atoms with Crippen molar-refractivity contribution in [3.8, 4) is 17.2 Å². The Kier molecular flexibility index (Phi) is 9.60. The summed E-state index contributed by atoms with van der Waals surface area (Å²) in [6, 6.07) is 17.3. The van der Waals surface area contributed by atoms with E-state index < -0.39 is 17.8 Å². The second-order valence-corrected chi connectivity index (χ2v) is 9.17. The van der Waals surface area contributed by atoms with E-state index in [1.807, 2.05) is 13.0 Å². The zero-order valence-electron chi connectivity index (χ0n) is 22.4. The number of nitrogens with zero attached hydrogens (tertiary/aromatic N) is 1. The highest BCUT2D eigenvalue weighted by Crippen LogP contribution is 2.34. The molecule has 0 bridgehead atoms. The third-order valence-corrected chi connectivity index (χ3v) is 6.03. The van der Waals surface area contributed by atoms with Crippen LogP contribution in [-0.2, 0) is 14.4 Å². The number of nitrogens with one attached hydrogen (secondary N) is 2. The lowest BCUT2D eigenvalue weighted by molar-refractivity contribution is -0.122. The van der Waals surface area contributed by atoms with Crippen molar-refractivity contribution in [2.45, 2.75) is 20.3 Å². The molecule has 0 atom stereocenters. The molecule has 3 aromatic carbocycles. The number of carbonyl (C=O) groups is 4. The summed E-state index contributed by atoms with van der Waals surface area (Å²) in [5.74, 6) is -0.965. The van der Waals surface area contributed by atoms with Crippen LogP contribution in [0.5, 0.6) is 17.2 Å². The second-order valence-electron chi connectivity index (χ2n) is 8.76. The van der Waals surface area contributed by atoms with Crippen LogP contribution >= 0.6 is 11.6 Å². The number of hydrogen-bond acceptors (Lipinski definition) is 7. The Bertz CT molecular complexity index is 1490. The van der Waals surface area contributed by atoms with E-state index in [2.05, 4.69) is 10.6 Å². The first-order valence-electron chi connectivity index (χ1n) is 12.9. The Morgan fingerprint density at radius 1 is 0.927 bits per heavy atom. The van der Waals surface area contributed by atoms with Crippen molar-refractivity contribution in [3.05, 3.63) is 82.9 Å². The monoisotopic (exact) mass is 577 g/mol. The highest BCUT2D eigenvalue weighted by atomic mass is 35.5. The van der Waals surface area contributed by atoms with Gasteiger partial charge in [-0.15, -0.1) is 0 Å². The van der Waals surface area contributed by atoms with Crippen molar-refractivity contribution >= 4 is 52.8 Å². The number of rotatable bonds is 11. The number of benzene rings is 3. The Labute approximate surface area is 241 Å². The molecule has 1 saturated heterocycles. The van der Waals surface area contributed by atoms with E-state index >= 15 is 0 Å². The lowest BCUT2D eigenvalue weighted by Crippen LogP contribution is -2.54. The molecule has 0 spiro atoms. The fourth-order valence-corrected chi connectivity index (χ4v) is 4.12. The molecule has 1 heterocycles. The molecule has 0 unspecified atom stereocenters. The SMILES string of the molecule is CCCOc1ccc(N2C(=O)NC(=O)/C(=C\c3ccc(OCC(=O)Nc4ccccc4)c(Cl)c3)C2=O)cc1OCC. The van der Waals surface area contributed by atoms with Gasteiger partial charge in [-0.05, 0) is 61.4 Å². The van der Waals surface area contributed by atoms with Crippen LogP contribution in [0.4, 0.5) is 16.2 Å². The Morgan fingerprint density at radius 3 is 2.39 bits per heavy atom. The lowest BCUT2D eigenvalue weighted by atomic mass is 10.1. The smallest absolute Gasteiger partial charge is 0.335 e. The first-order chi connectivity index (χ1) is 19.8. The van der Waals surface area contributed by atoms with Gasteiger partial charge in [0.05, 0.1) is 23.9 Å². The van der Waals surface area contributed by atoms with Gasteiger partial charge in [-0.3, -0.25) is 19.7 Å². The van der Waals surface area contributed by atoms with E-state index in [0.29, 0.717) is 36.0 Å². The summed E-state index contributed by atoms with van der Waals surface area (Å²) < 4.78 is 16.9. The average Bonchev–Trinajstić information content (AvgIpc) is 2.95. The maximum Gasteiger partial charge on any atom is 0.335 e. The van der Waals surface area contributed by atoms with Crippen molar-refractivity contribution in [1.82, 2.24) is 5.32 Å². The van der Waals surface area contributed by atoms with Crippen LogP contribution in [0.1, 0.15) is 25.8 Å². The van der Waals surface area contributed by atoms with Gasteiger partial charge in [-0.2, -0.15) is 0 Å². The van der Waals surface area contributed by atoms with Crippen LogP contribution in [0.15, 0.2) is 72.3 Å². The fraction of sp³-hybridized carbons (Fsp3) is 0.200. The Morgan fingerprint density at radius 2 is 1.68 bits per heavy atom. The highest BCUT2D eigenvalue weighted by Gasteiger charge is 2.37. The van der Waals surface area contributed by atoms with E-state index in [0.717, 1.165) is 11.3 Å². The summed E-state index contributed by atoms with van der Waals surface area (Å²) >= 11 is 6.35. The second kappa shape index (κ2) is 13.5. The quantitative estimate of drug-likeness (QED) is 0.237. The molecule has 0 saturated carbocycles. The number of urea groups is 1. The zero-order chi connectivity index (χ0) is 29.4. The highest BCUT2D eigenvalue weighted by molar-refractivity contribution is 6.39. The van der Waals surface area contributed by atoms with Crippen LogP contribution in [0.25, 0.3) is 6.08 Å². The summed E-state index contributed by atoms with van der Waals surface area (Å²) in [6.07, 6.45) is 2.11. The first kappa shape index (κ1) is 29.2. The van der Waals surface area contributed by atoms with E-state index in [1.54, 1.807) is 43.3 Å². The molecule has 4 rings (SSSR count). The number of barbiturate groups is 1. The van der Waals surface area contributed by atoms with E-state index in [9.17, 15) is 19.2 Å². The van der Waals surface area contributed by atoms with Gasteiger partial charge in [0, 0.05) is 11.8 Å². The average molecular weight is 578 g/mol. The molecule has 10 nitrogen and oxygen atoms in total. The third kappa shape index (κ3) is 7.23. The fourth-order valence-electron chi connectivity index (χ4n) is 3.88. The topological polar surface area (TPSA) is 123 Å². The molecule has 1 aliphatic heterocycles. The van der Waals surface area contributed by atoms with E-state index in [-0.39, 0.29) is 34.5 Å². The van der Waals surface area contributed by atoms with Gasteiger partial charge in [0.2, 0.25) is 0 Å². The van der Waals surface area contributed by atoms with Crippen molar-refractivity contribution in [3.63, 3.8) is 0 Å². The van der Waals surface area contributed by atoms with E-state index in [1.165, 1.54) is 30.3 Å². The number of anilines is 2. The van der Waals surface area contributed by atoms with Crippen molar-refractivity contribution in [2.24, 2.45) is 0 Å². The molecule has 1 aliphatic rings. The minimum atomic E-state index is -0.891. The largest absolute Gasteiger partial charge is 0.490 e. The Hall–Kier alpha value is -4.83. The molecule has 1 fully saturated rings. The molecule has 0 radical (unpaired) electrons. The van der Waals surface area contributed by atoms with Gasteiger partial charge >= 0.3 is 6.03 Å². The van der Waals surface area contributed by atoms with Crippen LogP contribution in [0.2, 0.25) is 5.02 Å². The van der Waals surface area contributed by atoms with Gasteiger partial charge in [-0.1, -0.05) is 42.8 Å². The van der Waals surface area contributed by atoms with Gasteiger partial charge in [0.1, 0.15) is 11.3 Å². The molecule has 11 heteroatoms. The number of para-hydroxylation sites is 1. The van der Waals surface area contributed by atoms with Gasteiger partial charge in [-0.25, -0.2) is 9.69 Å². The minimum Gasteiger partial charge on any atom is -0.490 e. The van der Waals surface area contributed by atoms with Crippen LogP contribution in [0.3, 0.4) is 0 Å². The number of imide groups is 2. The number of amides is 5. The van der Waals surface area contributed by atoms with Crippen molar-refractivity contribution < 1.29 is 33.4 Å². The lowest BCUT2D eigenvalue weighted by Gasteiger charge is -2.27. The number of hydrogen-bond donors (Lipinski definition) is 2. The number of carbonyl (C=O) groups excluding carboxylic acids is 4. The van der Waals surface area contributed by atoms with Crippen LogP contribution < -0.4 is 29.7 Å². The normalized spacial score (nSPS) is 14.1. The van der Waals surface area contributed by atoms with Crippen LogP contribution in [0, 0.1) is 0 Å². The molecule has 5 amide bonds. The molecular weight excluding hydrogens is 550 g/mol. The van der Waals surface area contributed by atoms with Gasteiger partial charge in [0.15, 0.2) is 18.1 Å². The molecular formula is C30H28ClN3O7. The standard InChI is InChI=1S/C30H28ClN3O7/c1-3-14-40-25-13-11-21(17-26(25)39-4-2)34-29(37)22(28(36)33-30(34)38)15-19-10-12-24(23(31)16-19)41-18-27(35)32-20-8-6-5-7-9-20/h5-13,15-17H,3-4,14,18H2,1-2H3,(H,32,35)(H,33,36,38)/b22-15+. The molecule has 0 aliphatic carbocycles. The molecule has 3 aromatic rings. The summed E-state index contributed by atoms with van der Waals surface area (Å²) in [4.78, 5) is 51.7. The third-order valence-electron chi connectivity index (χ3n) is 5.73. The Balaban J connectivity index is 1.51. The molecule has 0 aromatic heterocycles. The summed E-state index contributed by atoms with van der Waals surface area (Å²) in [5.41, 5.74) is 0.962. The molecule has 212 valence electrons. The maximum absolute atomic E-state index is 13.4. The van der Waals surface area contributed by atoms with Crippen molar-refractivity contribution in [2.75, 3.05) is 30.0 Å². The first-order valence-corrected chi connectivity index (χ1v) is 13.3. The predicted molar refractivity (Wildman–Crippen MR) is 154 cm³/mol. The van der Waals surface area contributed by atoms with Gasteiger partial charge < -0.3 is 19.5 Å². The zero-order valence-corrected chi connectivity index (χ0v) is 23.2. The summed E-state index contributed by atoms with van der Waals surface area (Å²) in [5, 5.41) is 5.06. The van der Waals surface area contributed by atoms with Gasteiger partial charge in [0.25, 0.3) is 17.7 Å². The molecule has 2 N–H and O–H groups in total. The van der Waals surface area contributed by atoms with Crippen molar-refractivity contribution in [1.29, 1.82) is 0 Å². The van der Waals surface area contributed by atoms with Crippen LogP contribution in [-0.4, -0.2) is 43.6 Å². The predicted octanol–water partition coefficient (Wildman–Crippen LogP) is 5.21. The summed E-state index contributed by atoms with van der Waals surface area (Å²) in [6.45, 7) is 4.30. The molecule has 41 heavy (non-hydrogen) atoms. The maximum atomic E-state index is 13.4. The van der Waals surface area contributed by atoms with E-state index in [4.69, 9.17) is 25.8 Å².